The summed E-state index contributed by atoms with van der Waals surface area (Å²) in [6.45, 7) is 2.80. The Kier molecular flexibility index (Phi) is 3.58. The third-order valence-electron chi connectivity index (χ3n) is 2.26. The van der Waals surface area contributed by atoms with Crippen LogP contribution in [0.2, 0.25) is 5.02 Å². The van der Waals surface area contributed by atoms with Gasteiger partial charge in [-0.2, -0.15) is 0 Å². The summed E-state index contributed by atoms with van der Waals surface area (Å²) in [5, 5.41) is 20.4. The van der Waals surface area contributed by atoms with E-state index in [1.165, 1.54) is 11.3 Å². The van der Waals surface area contributed by atoms with Gasteiger partial charge in [-0.3, -0.25) is 0 Å². The number of hydrogen-bond donors (Lipinski definition) is 1. The van der Waals surface area contributed by atoms with Crippen LogP contribution < -0.4 is 0 Å². The van der Waals surface area contributed by atoms with Crippen molar-refractivity contribution in [2.75, 3.05) is 0 Å². The number of thiophene rings is 1. The minimum absolute atomic E-state index is 0.585. The van der Waals surface area contributed by atoms with Gasteiger partial charge in [0.25, 0.3) is 0 Å². The first-order valence-corrected chi connectivity index (χ1v) is 6.29. The Morgan fingerprint density at radius 1 is 1.62 bits per heavy atom. The van der Waals surface area contributed by atoms with Crippen LogP contribution in [0.25, 0.3) is 0 Å². The van der Waals surface area contributed by atoms with Crippen molar-refractivity contribution in [2.45, 2.75) is 26.0 Å². The molecule has 0 saturated carbocycles. The number of aliphatic hydroxyl groups excluding tert-OH is 1. The molecular weight excluding hydrogens is 246 g/mol. The van der Waals surface area contributed by atoms with E-state index >= 15 is 0 Å². The largest absolute Gasteiger partial charge is 0.381 e. The molecule has 0 aliphatic rings. The van der Waals surface area contributed by atoms with Crippen LogP contribution in [-0.4, -0.2) is 20.1 Å². The van der Waals surface area contributed by atoms with Crippen LogP contribution in [0.5, 0.6) is 0 Å². The summed E-state index contributed by atoms with van der Waals surface area (Å²) in [6.07, 6.45) is 1.78. The van der Waals surface area contributed by atoms with Crippen LogP contribution in [0, 0.1) is 0 Å². The minimum Gasteiger partial charge on any atom is -0.381 e. The van der Waals surface area contributed by atoms with Crippen LogP contribution in [0.1, 0.15) is 30.0 Å². The second-order valence-corrected chi connectivity index (χ2v) is 4.77. The van der Waals surface area contributed by atoms with Gasteiger partial charge < -0.3 is 5.11 Å². The quantitative estimate of drug-likeness (QED) is 0.916. The number of nitrogens with zero attached hydrogens (tertiary/aromatic N) is 3. The first kappa shape index (κ1) is 11.6. The molecule has 2 heterocycles. The summed E-state index contributed by atoms with van der Waals surface area (Å²) in [5.74, 6) is 0. The molecule has 0 bridgehead atoms. The van der Waals surface area contributed by atoms with Crippen molar-refractivity contribution >= 4 is 22.9 Å². The normalized spacial score (nSPS) is 12.9. The molecular formula is C10H12ClN3OS. The lowest BCUT2D eigenvalue weighted by Gasteiger charge is -2.10. The van der Waals surface area contributed by atoms with E-state index < -0.39 is 6.10 Å². The first-order valence-electron chi connectivity index (χ1n) is 5.03. The predicted molar refractivity (Wildman–Crippen MR) is 63.7 cm³/mol. The van der Waals surface area contributed by atoms with E-state index in [2.05, 4.69) is 17.2 Å². The molecule has 0 aliphatic heterocycles. The van der Waals surface area contributed by atoms with Gasteiger partial charge in [0.05, 0.1) is 21.8 Å². The maximum atomic E-state index is 10.2. The fourth-order valence-electron chi connectivity index (χ4n) is 1.50. The molecule has 2 rings (SSSR count). The van der Waals surface area contributed by atoms with E-state index in [-0.39, 0.29) is 0 Å². The molecule has 86 valence electrons. The number of aromatic nitrogens is 3. The zero-order valence-corrected chi connectivity index (χ0v) is 10.4. The van der Waals surface area contributed by atoms with Gasteiger partial charge in [-0.25, -0.2) is 4.68 Å². The Labute approximate surface area is 102 Å². The molecule has 0 radical (unpaired) electrons. The van der Waals surface area contributed by atoms with Crippen LogP contribution in [0.4, 0.5) is 0 Å². The summed E-state index contributed by atoms with van der Waals surface area (Å²) in [7, 11) is 0. The summed E-state index contributed by atoms with van der Waals surface area (Å²) in [6, 6.07) is 1.78. The molecule has 0 amide bonds. The summed E-state index contributed by atoms with van der Waals surface area (Å²) >= 11 is 7.41. The summed E-state index contributed by atoms with van der Waals surface area (Å²) < 4.78 is 1.71. The van der Waals surface area contributed by atoms with Gasteiger partial charge in [0.15, 0.2) is 0 Å². The van der Waals surface area contributed by atoms with E-state index in [0.29, 0.717) is 10.7 Å². The first-order chi connectivity index (χ1) is 7.74. The van der Waals surface area contributed by atoms with Crippen LogP contribution in [0.3, 0.4) is 0 Å². The number of hydrogen-bond acceptors (Lipinski definition) is 4. The number of aliphatic hydroxyl groups is 1. The number of aryl methyl sites for hydroxylation is 1. The number of rotatable bonds is 4. The van der Waals surface area contributed by atoms with E-state index in [0.717, 1.165) is 17.8 Å². The van der Waals surface area contributed by atoms with Crippen molar-refractivity contribution in [1.29, 1.82) is 0 Å². The average Bonchev–Trinajstić information content (AvgIpc) is 2.87. The fourth-order valence-corrected chi connectivity index (χ4v) is 2.65. The molecule has 0 aromatic carbocycles. The van der Waals surface area contributed by atoms with E-state index in [1.807, 2.05) is 5.38 Å². The van der Waals surface area contributed by atoms with Gasteiger partial charge in [-0.05, 0) is 17.9 Å². The Morgan fingerprint density at radius 3 is 3.06 bits per heavy atom. The van der Waals surface area contributed by atoms with Crippen molar-refractivity contribution in [2.24, 2.45) is 0 Å². The monoisotopic (exact) mass is 257 g/mol. The third kappa shape index (κ3) is 2.11. The Balaban J connectivity index is 2.30. The lowest BCUT2D eigenvalue weighted by molar-refractivity contribution is 0.211. The van der Waals surface area contributed by atoms with E-state index in [9.17, 15) is 5.11 Å². The molecule has 0 spiro atoms. The predicted octanol–water partition coefficient (Wildman–Crippen LogP) is 2.48. The Hall–Kier alpha value is -0.910. The molecule has 0 aliphatic carbocycles. The summed E-state index contributed by atoms with van der Waals surface area (Å²) in [5.41, 5.74) is 0.686. The maximum Gasteiger partial charge on any atom is 0.133 e. The fraction of sp³-hybridized carbons (Fsp3) is 0.400. The highest BCUT2D eigenvalue weighted by Gasteiger charge is 2.19. The van der Waals surface area contributed by atoms with Gasteiger partial charge in [0, 0.05) is 6.54 Å². The Bertz CT molecular complexity index is 468. The molecule has 2 aromatic rings. The highest BCUT2D eigenvalue weighted by Crippen LogP contribution is 2.32. The third-order valence-corrected chi connectivity index (χ3v) is 3.67. The van der Waals surface area contributed by atoms with Gasteiger partial charge in [-0.1, -0.05) is 23.7 Å². The zero-order chi connectivity index (χ0) is 11.5. The van der Waals surface area contributed by atoms with Crippen molar-refractivity contribution in [3.8, 4) is 0 Å². The van der Waals surface area contributed by atoms with Crippen molar-refractivity contribution in [1.82, 2.24) is 15.0 Å². The van der Waals surface area contributed by atoms with E-state index in [4.69, 9.17) is 11.6 Å². The zero-order valence-electron chi connectivity index (χ0n) is 8.80. The van der Waals surface area contributed by atoms with Crippen molar-refractivity contribution < 1.29 is 5.11 Å². The van der Waals surface area contributed by atoms with Gasteiger partial charge in [-0.15, -0.1) is 16.4 Å². The van der Waals surface area contributed by atoms with Crippen LogP contribution >= 0.6 is 22.9 Å². The van der Waals surface area contributed by atoms with Gasteiger partial charge >= 0.3 is 0 Å². The number of halogens is 1. The maximum absolute atomic E-state index is 10.2. The molecule has 1 N–H and O–H groups in total. The SMILES string of the molecule is CCCn1nncc1C(O)c1sccc1Cl. The van der Waals surface area contributed by atoms with Gasteiger partial charge in [0.2, 0.25) is 0 Å². The molecule has 0 fully saturated rings. The molecule has 16 heavy (non-hydrogen) atoms. The molecule has 4 nitrogen and oxygen atoms in total. The smallest absolute Gasteiger partial charge is 0.133 e. The molecule has 0 saturated heterocycles. The van der Waals surface area contributed by atoms with Gasteiger partial charge in [0.1, 0.15) is 6.10 Å². The average molecular weight is 258 g/mol. The lowest BCUT2D eigenvalue weighted by atomic mass is 10.2. The van der Waals surface area contributed by atoms with E-state index in [1.54, 1.807) is 16.9 Å². The minimum atomic E-state index is -0.742. The second-order valence-electron chi connectivity index (χ2n) is 3.42. The molecule has 6 heteroatoms. The Morgan fingerprint density at radius 2 is 2.44 bits per heavy atom. The van der Waals surface area contributed by atoms with Crippen LogP contribution in [-0.2, 0) is 6.54 Å². The lowest BCUT2D eigenvalue weighted by Crippen LogP contribution is -2.09. The highest BCUT2D eigenvalue weighted by molar-refractivity contribution is 7.10. The topological polar surface area (TPSA) is 50.9 Å². The molecule has 1 atom stereocenters. The van der Waals surface area contributed by atoms with Crippen LogP contribution in [0.15, 0.2) is 17.6 Å². The molecule has 2 aromatic heterocycles. The standard InChI is InChI=1S/C10H12ClN3OS/c1-2-4-14-8(6-12-13-14)9(15)10-7(11)3-5-16-10/h3,5-6,9,15H,2,4H2,1H3. The second kappa shape index (κ2) is 4.95. The van der Waals surface area contributed by atoms with Crippen molar-refractivity contribution in [3.05, 3.63) is 33.2 Å². The molecule has 1 unspecified atom stereocenters. The summed E-state index contributed by atoms with van der Waals surface area (Å²) in [4.78, 5) is 0.737. The highest BCUT2D eigenvalue weighted by atomic mass is 35.5. The van der Waals surface area contributed by atoms with Crippen molar-refractivity contribution in [3.63, 3.8) is 0 Å².